The van der Waals surface area contributed by atoms with Gasteiger partial charge in [-0.15, -0.1) is 0 Å². The Labute approximate surface area is 113 Å². The van der Waals surface area contributed by atoms with E-state index in [2.05, 4.69) is 10.3 Å². The number of likely N-dealkylation sites (N-methyl/N-ethyl adjacent to an activating group) is 1. The van der Waals surface area contributed by atoms with E-state index in [1.54, 1.807) is 12.3 Å². The predicted molar refractivity (Wildman–Crippen MR) is 75.6 cm³/mol. The largest absolute Gasteiger partial charge is 0.313 e. The first-order chi connectivity index (χ1) is 9.11. The van der Waals surface area contributed by atoms with Gasteiger partial charge < -0.3 is 5.32 Å². The molecule has 0 radical (unpaired) electrons. The molecule has 1 heterocycles. The van der Waals surface area contributed by atoms with E-state index >= 15 is 0 Å². The summed E-state index contributed by atoms with van der Waals surface area (Å²) in [5, 5.41) is 3.20. The van der Waals surface area contributed by atoms with Crippen LogP contribution in [0.15, 0.2) is 36.7 Å². The smallest absolute Gasteiger partial charge is 0.128 e. The summed E-state index contributed by atoms with van der Waals surface area (Å²) in [6.07, 6.45) is 4.30. The number of pyridine rings is 1. The van der Waals surface area contributed by atoms with Crippen LogP contribution in [0.5, 0.6) is 0 Å². The van der Waals surface area contributed by atoms with Crippen molar-refractivity contribution in [3.05, 3.63) is 64.7 Å². The highest BCUT2D eigenvalue weighted by atomic mass is 19.1. The lowest BCUT2D eigenvalue weighted by Gasteiger charge is -2.20. The van der Waals surface area contributed by atoms with E-state index < -0.39 is 0 Å². The molecule has 2 aromatic rings. The lowest BCUT2D eigenvalue weighted by atomic mass is 9.94. The molecular weight excluding hydrogens is 239 g/mol. The summed E-state index contributed by atoms with van der Waals surface area (Å²) >= 11 is 0. The fourth-order valence-corrected chi connectivity index (χ4v) is 2.47. The van der Waals surface area contributed by atoms with E-state index in [1.807, 2.05) is 45.3 Å². The number of benzene rings is 1. The van der Waals surface area contributed by atoms with Gasteiger partial charge in [0.15, 0.2) is 0 Å². The minimum atomic E-state index is -0.138. The van der Waals surface area contributed by atoms with Gasteiger partial charge in [0, 0.05) is 24.0 Å². The van der Waals surface area contributed by atoms with Crippen LogP contribution in [0.2, 0.25) is 0 Å². The van der Waals surface area contributed by atoms with Gasteiger partial charge in [-0.2, -0.15) is 0 Å². The Morgan fingerprint density at radius 3 is 2.68 bits per heavy atom. The van der Waals surface area contributed by atoms with E-state index in [-0.39, 0.29) is 11.9 Å². The number of halogens is 1. The molecule has 0 amide bonds. The molecule has 100 valence electrons. The molecular formula is C16H19FN2. The summed E-state index contributed by atoms with van der Waals surface area (Å²) in [6.45, 7) is 3.87. The lowest BCUT2D eigenvalue weighted by Crippen LogP contribution is -2.21. The van der Waals surface area contributed by atoms with Gasteiger partial charge in [0.25, 0.3) is 0 Å². The second-order valence-electron chi connectivity index (χ2n) is 4.88. The molecule has 0 saturated carbocycles. The van der Waals surface area contributed by atoms with E-state index in [0.29, 0.717) is 0 Å². The fraction of sp³-hybridized carbons (Fsp3) is 0.312. The average Bonchev–Trinajstić information content (AvgIpc) is 2.37. The second kappa shape index (κ2) is 5.93. The number of aromatic nitrogens is 1. The molecule has 1 aromatic heterocycles. The van der Waals surface area contributed by atoms with Crippen molar-refractivity contribution >= 4 is 0 Å². The molecule has 2 nitrogen and oxygen atoms in total. The molecule has 0 bridgehead atoms. The van der Waals surface area contributed by atoms with Crippen LogP contribution in [-0.4, -0.2) is 12.0 Å². The first-order valence-electron chi connectivity index (χ1n) is 6.44. The summed E-state index contributed by atoms with van der Waals surface area (Å²) < 4.78 is 14.2. The van der Waals surface area contributed by atoms with Crippen molar-refractivity contribution in [2.75, 3.05) is 7.05 Å². The van der Waals surface area contributed by atoms with Gasteiger partial charge >= 0.3 is 0 Å². The maximum atomic E-state index is 14.2. The molecule has 0 aliphatic carbocycles. The third-order valence-corrected chi connectivity index (χ3v) is 3.34. The number of hydrogen-bond acceptors (Lipinski definition) is 2. The van der Waals surface area contributed by atoms with Gasteiger partial charge in [-0.25, -0.2) is 4.39 Å². The number of nitrogens with one attached hydrogen (secondary N) is 1. The van der Waals surface area contributed by atoms with Crippen molar-refractivity contribution in [1.82, 2.24) is 10.3 Å². The number of rotatable bonds is 4. The van der Waals surface area contributed by atoms with Crippen LogP contribution in [0.25, 0.3) is 0 Å². The van der Waals surface area contributed by atoms with Crippen LogP contribution in [-0.2, 0) is 6.42 Å². The second-order valence-corrected chi connectivity index (χ2v) is 4.88. The van der Waals surface area contributed by atoms with Crippen molar-refractivity contribution in [2.45, 2.75) is 26.3 Å². The first kappa shape index (κ1) is 13.7. The topological polar surface area (TPSA) is 24.9 Å². The zero-order chi connectivity index (χ0) is 13.8. The minimum Gasteiger partial charge on any atom is -0.313 e. The molecule has 0 saturated heterocycles. The summed E-state index contributed by atoms with van der Waals surface area (Å²) in [6, 6.07) is 7.49. The normalized spacial score (nSPS) is 12.4. The number of aryl methyl sites for hydroxylation is 2. The lowest BCUT2D eigenvalue weighted by molar-refractivity contribution is 0.529. The summed E-state index contributed by atoms with van der Waals surface area (Å²) in [4.78, 5) is 4.10. The maximum absolute atomic E-state index is 14.2. The molecule has 0 fully saturated rings. The van der Waals surface area contributed by atoms with Crippen LogP contribution in [0.3, 0.4) is 0 Å². The third-order valence-electron chi connectivity index (χ3n) is 3.34. The van der Waals surface area contributed by atoms with Crippen LogP contribution in [0.1, 0.15) is 28.3 Å². The Morgan fingerprint density at radius 2 is 2.11 bits per heavy atom. The minimum absolute atomic E-state index is 0.0372. The Bertz CT molecular complexity index is 529. The zero-order valence-electron chi connectivity index (χ0n) is 11.6. The first-order valence-corrected chi connectivity index (χ1v) is 6.44. The Balaban J connectivity index is 2.32. The molecule has 1 N–H and O–H groups in total. The highest BCUT2D eigenvalue weighted by Gasteiger charge is 2.17. The van der Waals surface area contributed by atoms with Gasteiger partial charge in [0.1, 0.15) is 5.82 Å². The molecule has 0 aliphatic heterocycles. The number of hydrogen-bond donors (Lipinski definition) is 1. The zero-order valence-corrected chi connectivity index (χ0v) is 11.6. The van der Waals surface area contributed by atoms with Gasteiger partial charge in [-0.05, 0) is 56.1 Å². The van der Waals surface area contributed by atoms with Crippen LogP contribution >= 0.6 is 0 Å². The molecule has 2 rings (SSSR count). The third kappa shape index (κ3) is 3.18. The van der Waals surface area contributed by atoms with Crippen LogP contribution in [0, 0.1) is 19.7 Å². The van der Waals surface area contributed by atoms with Crippen LogP contribution in [0.4, 0.5) is 4.39 Å². The molecule has 1 aromatic carbocycles. The van der Waals surface area contributed by atoms with E-state index in [0.717, 1.165) is 28.7 Å². The highest BCUT2D eigenvalue weighted by Crippen LogP contribution is 2.25. The van der Waals surface area contributed by atoms with Gasteiger partial charge in [0.2, 0.25) is 0 Å². The monoisotopic (exact) mass is 258 g/mol. The molecule has 3 heteroatoms. The molecule has 1 unspecified atom stereocenters. The van der Waals surface area contributed by atoms with Crippen molar-refractivity contribution in [2.24, 2.45) is 0 Å². The molecule has 0 spiro atoms. The molecule has 19 heavy (non-hydrogen) atoms. The predicted octanol–water partition coefficient (Wildman–Crippen LogP) is 3.34. The Hall–Kier alpha value is -1.74. The average molecular weight is 258 g/mol. The van der Waals surface area contributed by atoms with Gasteiger partial charge in [-0.1, -0.05) is 12.1 Å². The number of nitrogens with zero attached hydrogens (tertiary/aromatic N) is 1. The van der Waals surface area contributed by atoms with Crippen molar-refractivity contribution in [3.63, 3.8) is 0 Å². The fourth-order valence-electron chi connectivity index (χ4n) is 2.47. The van der Waals surface area contributed by atoms with Crippen molar-refractivity contribution in [3.8, 4) is 0 Å². The van der Waals surface area contributed by atoms with Crippen molar-refractivity contribution in [1.29, 1.82) is 0 Å². The Morgan fingerprint density at radius 1 is 1.32 bits per heavy atom. The van der Waals surface area contributed by atoms with Crippen molar-refractivity contribution < 1.29 is 4.39 Å². The van der Waals surface area contributed by atoms with Crippen LogP contribution < -0.4 is 5.32 Å². The molecule has 1 atom stereocenters. The standard InChI is InChI=1S/C16H19FN2/c1-11-7-12(2)16(14(17)8-11)15(18-3)9-13-5-4-6-19-10-13/h4-8,10,15,18H,9H2,1-3H3. The SMILES string of the molecule is CNC(Cc1cccnc1)c1c(C)cc(C)cc1F. The van der Waals surface area contributed by atoms with Gasteiger partial charge in [-0.3, -0.25) is 4.98 Å². The summed E-state index contributed by atoms with van der Waals surface area (Å²) in [5.41, 5.74) is 3.79. The maximum Gasteiger partial charge on any atom is 0.128 e. The van der Waals surface area contributed by atoms with Gasteiger partial charge in [0.05, 0.1) is 0 Å². The summed E-state index contributed by atoms with van der Waals surface area (Å²) in [5.74, 6) is -0.138. The quantitative estimate of drug-likeness (QED) is 0.909. The molecule has 0 aliphatic rings. The van der Waals surface area contributed by atoms with E-state index in [4.69, 9.17) is 0 Å². The Kier molecular flexibility index (Phi) is 4.27. The van der Waals surface area contributed by atoms with E-state index in [9.17, 15) is 4.39 Å². The highest BCUT2D eigenvalue weighted by molar-refractivity contribution is 5.35. The summed E-state index contributed by atoms with van der Waals surface area (Å²) in [7, 11) is 1.86. The van der Waals surface area contributed by atoms with E-state index in [1.165, 1.54) is 0 Å².